The molecule has 4 rings (SSSR count). The number of rotatable bonds is 4. The van der Waals surface area contributed by atoms with Crippen LogP contribution in [0.4, 0.5) is 8.78 Å². The topological polar surface area (TPSA) is 64.0 Å². The van der Waals surface area contributed by atoms with Crippen molar-refractivity contribution in [2.75, 3.05) is 0 Å². The number of nitrogens with one attached hydrogen (secondary N) is 1. The van der Waals surface area contributed by atoms with Crippen molar-refractivity contribution in [2.45, 2.75) is 75.3 Å². The van der Waals surface area contributed by atoms with Gasteiger partial charge in [0.25, 0.3) is 5.56 Å². The molecule has 3 aliphatic carbocycles. The molecule has 5 nitrogen and oxygen atoms in total. The lowest BCUT2D eigenvalue weighted by molar-refractivity contribution is -0.151. The third kappa shape index (κ3) is 3.60. The van der Waals surface area contributed by atoms with E-state index in [1.54, 1.807) is 10.7 Å². The van der Waals surface area contributed by atoms with Crippen molar-refractivity contribution in [2.24, 2.45) is 5.92 Å². The molecule has 1 N–H and O–H groups in total. The minimum absolute atomic E-state index is 0.0142. The smallest absolute Gasteiger partial charge is 0.267 e. The van der Waals surface area contributed by atoms with Crippen LogP contribution in [0.15, 0.2) is 16.9 Å². The summed E-state index contributed by atoms with van der Waals surface area (Å²) in [5.74, 6) is -2.96. The van der Waals surface area contributed by atoms with Crippen molar-refractivity contribution < 1.29 is 13.6 Å². The quantitative estimate of drug-likeness (QED) is 0.907. The maximum Gasteiger partial charge on any atom is 0.267 e. The highest BCUT2D eigenvalue weighted by Gasteiger charge is 2.49. The summed E-state index contributed by atoms with van der Waals surface area (Å²) in [6.07, 6.45) is 4.67. The lowest BCUT2D eigenvalue weighted by atomic mass is 9.80. The zero-order valence-electron chi connectivity index (χ0n) is 14.1. The number of aromatic nitrogens is 2. The van der Waals surface area contributed by atoms with E-state index in [4.69, 9.17) is 0 Å². The Kier molecular flexibility index (Phi) is 4.12. The Morgan fingerprint density at radius 2 is 1.80 bits per heavy atom. The van der Waals surface area contributed by atoms with E-state index in [-0.39, 0.29) is 36.4 Å². The summed E-state index contributed by atoms with van der Waals surface area (Å²) in [5, 5.41) is 7.45. The standard InChI is InChI=1S/C18H23F2N3O2/c19-18(20)9-12(10-18)17(25)21-13-3-5-14(6-4-13)23-16(24)8-7-15(22-23)11-1-2-11/h7-8,11-14H,1-6,9-10H2,(H,21,25). The van der Waals surface area contributed by atoms with E-state index >= 15 is 0 Å². The lowest BCUT2D eigenvalue weighted by Crippen LogP contribution is -2.48. The molecule has 0 saturated heterocycles. The molecule has 25 heavy (non-hydrogen) atoms. The van der Waals surface area contributed by atoms with Crippen LogP contribution >= 0.6 is 0 Å². The Labute approximate surface area is 144 Å². The second-order valence-electron chi connectivity index (χ2n) is 7.79. The summed E-state index contributed by atoms with van der Waals surface area (Å²) in [6, 6.07) is 3.51. The first-order valence-corrected chi connectivity index (χ1v) is 9.19. The highest BCUT2D eigenvalue weighted by Crippen LogP contribution is 2.42. The summed E-state index contributed by atoms with van der Waals surface area (Å²) in [4.78, 5) is 24.1. The molecule has 1 aromatic heterocycles. The fourth-order valence-corrected chi connectivity index (χ4v) is 3.93. The van der Waals surface area contributed by atoms with Crippen molar-refractivity contribution in [3.63, 3.8) is 0 Å². The molecule has 3 saturated carbocycles. The molecule has 0 bridgehead atoms. The highest BCUT2D eigenvalue weighted by atomic mass is 19.3. The van der Waals surface area contributed by atoms with Crippen LogP contribution in [0.3, 0.4) is 0 Å². The molecule has 0 unspecified atom stereocenters. The molecule has 0 radical (unpaired) electrons. The molecule has 1 amide bonds. The SMILES string of the molecule is O=C(NC1CCC(n2nc(C3CC3)ccc2=O)CC1)C1CC(F)(F)C1. The van der Waals surface area contributed by atoms with E-state index in [0.717, 1.165) is 44.2 Å². The van der Waals surface area contributed by atoms with E-state index in [1.165, 1.54) is 0 Å². The van der Waals surface area contributed by atoms with Gasteiger partial charge in [0.15, 0.2) is 0 Å². The van der Waals surface area contributed by atoms with Gasteiger partial charge < -0.3 is 5.32 Å². The summed E-state index contributed by atoms with van der Waals surface area (Å²) in [5.41, 5.74) is 0.925. The minimum atomic E-state index is -2.67. The molecule has 3 aliphatic rings. The molecule has 0 aliphatic heterocycles. The van der Waals surface area contributed by atoms with Gasteiger partial charge in [0.1, 0.15) is 0 Å². The first kappa shape index (κ1) is 16.7. The van der Waals surface area contributed by atoms with Gasteiger partial charge in [-0.3, -0.25) is 9.59 Å². The average molecular weight is 351 g/mol. The summed E-state index contributed by atoms with van der Waals surface area (Å²) < 4.78 is 27.4. The van der Waals surface area contributed by atoms with Crippen molar-refractivity contribution in [3.05, 3.63) is 28.2 Å². The van der Waals surface area contributed by atoms with Gasteiger partial charge in [0, 0.05) is 36.8 Å². The van der Waals surface area contributed by atoms with Crippen LogP contribution in [-0.2, 0) is 4.79 Å². The van der Waals surface area contributed by atoms with Gasteiger partial charge in [-0.05, 0) is 44.6 Å². The number of halogens is 2. The minimum Gasteiger partial charge on any atom is -0.353 e. The van der Waals surface area contributed by atoms with E-state index in [0.29, 0.717) is 5.92 Å². The molecule has 7 heteroatoms. The predicted molar refractivity (Wildman–Crippen MR) is 87.6 cm³/mol. The molecule has 0 spiro atoms. The Morgan fingerprint density at radius 1 is 1.12 bits per heavy atom. The highest BCUT2D eigenvalue weighted by molar-refractivity contribution is 5.80. The van der Waals surface area contributed by atoms with Crippen molar-refractivity contribution in [3.8, 4) is 0 Å². The van der Waals surface area contributed by atoms with Crippen LogP contribution in [-0.4, -0.2) is 27.7 Å². The van der Waals surface area contributed by atoms with Crippen molar-refractivity contribution >= 4 is 5.91 Å². The molecular weight excluding hydrogens is 328 g/mol. The van der Waals surface area contributed by atoms with Crippen molar-refractivity contribution in [1.82, 2.24) is 15.1 Å². The van der Waals surface area contributed by atoms with E-state index in [2.05, 4.69) is 10.4 Å². The molecule has 3 fully saturated rings. The third-order valence-electron chi connectivity index (χ3n) is 5.69. The molecular formula is C18H23F2N3O2. The number of amides is 1. The number of hydrogen-bond donors (Lipinski definition) is 1. The first-order valence-electron chi connectivity index (χ1n) is 9.19. The van der Waals surface area contributed by atoms with Gasteiger partial charge in [0.2, 0.25) is 11.8 Å². The van der Waals surface area contributed by atoms with Crippen LogP contribution < -0.4 is 10.9 Å². The van der Waals surface area contributed by atoms with Crippen LogP contribution in [0.25, 0.3) is 0 Å². The van der Waals surface area contributed by atoms with Gasteiger partial charge in [0.05, 0.1) is 11.7 Å². The van der Waals surface area contributed by atoms with Crippen molar-refractivity contribution in [1.29, 1.82) is 0 Å². The molecule has 1 aromatic rings. The fraction of sp³-hybridized carbons (Fsp3) is 0.722. The summed E-state index contributed by atoms with van der Waals surface area (Å²) >= 11 is 0. The molecule has 0 atom stereocenters. The zero-order valence-corrected chi connectivity index (χ0v) is 14.1. The normalized spacial score (nSPS) is 29.0. The second-order valence-corrected chi connectivity index (χ2v) is 7.79. The Hall–Kier alpha value is -1.79. The maximum atomic E-state index is 12.9. The van der Waals surface area contributed by atoms with Gasteiger partial charge in [-0.1, -0.05) is 0 Å². The molecule has 0 aromatic carbocycles. The number of carbonyl (C=O) groups is 1. The van der Waals surface area contributed by atoms with Gasteiger partial charge in [-0.15, -0.1) is 0 Å². The van der Waals surface area contributed by atoms with Gasteiger partial charge in [-0.2, -0.15) is 5.10 Å². The number of nitrogens with zero attached hydrogens (tertiary/aromatic N) is 2. The fourth-order valence-electron chi connectivity index (χ4n) is 3.93. The second kappa shape index (κ2) is 6.18. The number of hydrogen-bond acceptors (Lipinski definition) is 3. The number of carbonyl (C=O) groups excluding carboxylic acids is 1. The summed E-state index contributed by atoms with van der Waals surface area (Å²) in [6.45, 7) is 0. The Morgan fingerprint density at radius 3 is 2.40 bits per heavy atom. The van der Waals surface area contributed by atoms with E-state index < -0.39 is 11.8 Å². The van der Waals surface area contributed by atoms with Crippen LogP contribution in [0, 0.1) is 5.92 Å². The predicted octanol–water partition coefficient (Wildman–Crippen LogP) is 2.77. The third-order valence-corrected chi connectivity index (χ3v) is 5.69. The molecule has 1 heterocycles. The average Bonchev–Trinajstić information content (AvgIpc) is 3.39. The largest absolute Gasteiger partial charge is 0.353 e. The van der Waals surface area contributed by atoms with Gasteiger partial charge in [-0.25, -0.2) is 13.5 Å². The monoisotopic (exact) mass is 351 g/mol. The first-order chi connectivity index (χ1) is 11.9. The van der Waals surface area contributed by atoms with Gasteiger partial charge >= 0.3 is 0 Å². The van der Waals surface area contributed by atoms with E-state index in [1.807, 2.05) is 6.07 Å². The van der Waals surface area contributed by atoms with E-state index in [9.17, 15) is 18.4 Å². The lowest BCUT2D eigenvalue weighted by Gasteiger charge is -2.36. The summed E-state index contributed by atoms with van der Waals surface area (Å²) in [7, 11) is 0. The number of alkyl halides is 2. The Bertz CT molecular complexity index is 713. The molecule has 136 valence electrons. The maximum absolute atomic E-state index is 12.9. The van der Waals surface area contributed by atoms with Crippen LogP contribution in [0.2, 0.25) is 0 Å². The van der Waals surface area contributed by atoms with Crippen LogP contribution in [0.1, 0.15) is 69.0 Å². The Balaban J connectivity index is 1.32. The zero-order chi connectivity index (χ0) is 17.6. The van der Waals surface area contributed by atoms with Crippen LogP contribution in [0.5, 0.6) is 0 Å².